The molecule has 0 heterocycles. The van der Waals surface area contributed by atoms with Crippen LogP contribution < -0.4 is 10.6 Å². The van der Waals surface area contributed by atoms with Gasteiger partial charge in [-0.25, -0.2) is 4.39 Å². The van der Waals surface area contributed by atoms with E-state index < -0.39 is 5.38 Å². The van der Waals surface area contributed by atoms with E-state index in [0.29, 0.717) is 5.69 Å². The number of alkyl halides is 1. The molecule has 0 spiro atoms. The number of benzene rings is 1. The Kier molecular flexibility index (Phi) is 5.58. The smallest absolute Gasteiger partial charge is 0.237 e. The van der Waals surface area contributed by atoms with Crippen LogP contribution >= 0.6 is 11.6 Å². The van der Waals surface area contributed by atoms with Gasteiger partial charge in [0, 0.05) is 18.7 Å². The summed E-state index contributed by atoms with van der Waals surface area (Å²) >= 11 is 5.54. The summed E-state index contributed by atoms with van der Waals surface area (Å²) in [6.45, 7) is 1.76. The number of amides is 2. The van der Waals surface area contributed by atoms with Gasteiger partial charge >= 0.3 is 0 Å². The van der Waals surface area contributed by atoms with E-state index in [9.17, 15) is 14.0 Å². The monoisotopic (exact) mass is 272 g/mol. The van der Waals surface area contributed by atoms with Gasteiger partial charge in [0.1, 0.15) is 11.2 Å². The van der Waals surface area contributed by atoms with Crippen LogP contribution in [0.5, 0.6) is 0 Å². The Labute approximate surface area is 110 Å². The minimum absolute atomic E-state index is 0.132. The normalized spacial score (nSPS) is 11.7. The molecule has 18 heavy (non-hydrogen) atoms. The summed E-state index contributed by atoms with van der Waals surface area (Å²) in [5, 5.41) is 4.48. The molecule has 2 N–H and O–H groups in total. The second kappa shape index (κ2) is 6.96. The average molecular weight is 273 g/mol. The van der Waals surface area contributed by atoms with Gasteiger partial charge in [-0.05, 0) is 31.2 Å². The summed E-state index contributed by atoms with van der Waals surface area (Å²) in [5.74, 6) is -0.938. The van der Waals surface area contributed by atoms with E-state index in [0.717, 1.165) is 0 Å². The third-order valence-corrected chi connectivity index (χ3v) is 2.34. The lowest BCUT2D eigenvalue weighted by Crippen LogP contribution is -2.32. The molecule has 0 radical (unpaired) electrons. The van der Waals surface area contributed by atoms with Crippen LogP contribution in [-0.2, 0) is 9.59 Å². The van der Waals surface area contributed by atoms with Crippen molar-refractivity contribution in [1.29, 1.82) is 0 Å². The van der Waals surface area contributed by atoms with E-state index in [1.54, 1.807) is 6.92 Å². The quantitative estimate of drug-likeness (QED) is 0.805. The number of carbonyl (C=O) groups excluding carboxylic acids is 2. The van der Waals surface area contributed by atoms with Gasteiger partial charge in [-0.2, -0.15) is 0 Å². The van der Waals surface area contributed by atoms with Gasteiger partial charge in [-0.1, -0.05) is 0 Å². The maximum absolute atomic E-state index is 12.6. The van der Waals surface area contributed by atoms with E-state index in [1.807, 2.05) is 0 Å². The first-order chi connectivity index (χ1) is 8.49. The summed E-state index contributed by atoms with van der Waals surface area (Å²) in [5.41, 5.74) is 0.512. The van der Waals surface area contributed by atoms with E-state index >= 15 is 0 Å². The van der Waals surface area contributed by atoms with Crippen molar-refractivity contribution in [3.8, 4) is 0 Å². The molecule has 1 rings (SSSR count). The highest BCUT2D eigenvalue weighted by Gasteiger charge is 2.09. The lowest BCUT2D eigenvalue weighted by atomic mass is 10.3. The fourth-order valence-electron chi connectivity index (χ4n) is 1.20. The highest BCUT2D eigenvalue weighted by atomic mass is 35.5. The molecule has 1 atom stereocenters. The minimum Gasteiger partial charge on any atom is -0.354 e. The lowest BCUT2D eigenvalue weighted by Gasteiger charge is -2.07. The molecule has 0 fully saturated rings. The van der Waals surface area contributed by atoms with E-state index in [1.165, 1.54) is 24.3 Å². The van der Waals surface area contributed by atoms with Crippen LogP contribution in [0.15, 0.2) is 24.3 Å². The number of rotatable bonds is 5. The number of halogens is 2. The van der Waals surface area contributed by atoms with Crippen molar-refractivity contribution in [3.63, 3.8) is 0 Å². The summed E-state index contributed by atoms with van der Waals surface area (Å²) in [6.07, 6.45) is 0.132. The molecule has 1 aromatic carbocycles. The van der Waals surface area contributed by atoms with Crippen molar-refractivity contribution in [1.82, 2.24) is 5.32 Å². The maximum Gasteiger partial charge on any atom is 0.237 e. The Balaban J connectivity index is 2.30. The molecule has 98 valence electrons. The van der Waals surface area contributed by atoms with Crippen LogP contribution in [0.4, 0.5) is 10.1 Å². The van der Waals surface area contributed by atoms with E-state index in [-0.39, 0.29) is 30.6 Å². The van der Waals surface area contributed by atoms with Crippen LogP contribution in [0, 0.1) is 5.82 Å². The average Bonchev–Trinajstić information content (AvgIpc) is 2.32. The largest absolute Gasteiger partial charge is 0.354 e. The molecule has 1 aromatic rings. The summed E-state index contributed by atoms with van der Waals surface area (Å²) in [7, 11) is 0. The molecule has 0 saturated heterocycles. The van der Waals surface area contributed by atoms with Crippen LogP contribution in [-0.4, -0.2) is 23.7 Å². The second-order valence-electron chi connectivity index (χ2n) is 3.71. The van der Waals surface area contributed by atoms with Gasteiger partial charge in [0.25, 0.3) is 0 Å². The summed E-state index contributed by atoms with van der Waals surface area (Å²) in [4.78, 5) is 22.6. The van der Waals surface area contributed by atoms with Gasteiger partial charge in [0.2, 0.25) is 11.8 Å². The highest BCUT2D eigenvalue weighted by Crippen LogP contribution is 2.08. The van der Waals surface area contributed by atoms with Crippen LogP contribution in [0.1, 0.15) is 13.3 Å². The predicted molar refractivity (Wildman–Crippen MR) is 68.0 cm³/mol. The Morgan fingerprint density at radius 2 is 1.94 bits per heavy atom. The van der Waals surface area contributed by atoms with Crippen LogP contribution in [0.3, 0.4) is 0 Å². The number of carbonyl (C=O) groups is 2. The molecule has 0 aromatic heterocycles. The Hall–Kier alpha value is -1.62. The number of hydrogen-bond donors (Lipinski definition) is 2. The molecule has 2 amide bonds. The predicted octanol–water partition coefficient (Wildman–Crippen LogP) is 1.90. The summed E-state index contributed by atoms with van der Waals surface area (Å²) < 4.78 is 12.6. The Bertz CT molecular complexity index is 421. The SMILES string of the molecule is C[C@H](Cl)C(=O)NCCC(=O)Nc1ccc(F)cc1. The minimum atomic E-state index is -0.620. The maximum atomic E-state index is 12.6. The van der Waals surface area contributed by atoms with Crippen molar-refractivity contribution in [2.75, 3.05) is 11.9 Å². The fourth-order valence-corrected chi connectivity index (χ4v) is 1.27. The lowest BCUT2D eigenvalue weighted by molar-refractivity contribution is -0.120. The number of hydrogen-bond acceptors (Lipinski definition) is 2. The zero-order valence-electron chi connectivity index (χ0n) is 9.87. The highest BCUT2D eigenvalue weighted by molar-refractivity contribution is 6.30. The molecule has 4 nitrogen and oxygen atoms in total. The fraction of sp³-hybridized carbons (Fsp3) is 0.333. The van der Waals surface area contributed by atoms with Crippen molar-refractivity contribution < 1.29 is 14.0 Å². The molecular weight excluding hydrogens is 259 g/mol. The van der Waals surface area contributed by atoms with Crippen molar-refractivity contribution in [2.24, 2.45) is 0 Å². The number of anilines is 1. The number of nitrogens with one attached hydrogen (secondary N) is 2. The van der Waals surface area contributed by atoms with Crippen molar-refractivity contribution in [2.45, 2.75) is 18.7 Å². The van der Waals surface area contributed by atoms with E-state index in [4.69, 9.17) is 11.6 Å². The molecular formula is C12H14ClFN2O2. The molecule has 0 aliphatic heterocycles. The van der Waals surface area contributed by atoms with Gasteiger partial charge < -0.3 is 10.6 Å². The topological polar surface area (TPSA) is 58.2 Å². The standard InChI is InChI=1S/C12H14ClFN2O2/c1-8(13)12(18)15-7-6-11(17)16-10-4-2-9(14)3-5-10/h2-5,8H,6-7H2,1H3,(H,15,18)(H,16,17)/t8-/m0/s1. The Morgan fingerprint density at radius 1 is 1.33 bits per heavy atom. The third-order valence-electron chi connectivity index (χ3n) is 2.14. The Morgan fingerprint density at radius 3 is 2.50 bits per heavy atom. The van der Waals surface area contributed by atoms with Crippen LogP contribution in [0.2, 0.25) is 0 Å². The second-order valence-corrected chi connectivity index (χ2v) is 4.37. The van der Waals surface area contributed by atoms with Gasteiger partial charge in [0.05, 0.1) is 0 Å². The molecule has 0 saturated carbocycles. The van der Waals surface area contributed by atoms with Crippen LogP contribution in [0.25, 0.3) is 0 Å². The molecule has 0 aliphatic rings. The first-order valence-electron chi connectivity index (χ1n) is 5.46. The first kappa shape index (κ1) is 14.4. The van der Waals surface area contributed by atoms with E-state index in [2.05, 4.69) is 10.6 Å². The first-order valence-corrected chi connectivity index (χ1v) is 5.90. The molecule has 6 heteroatoms. The van der Waals surface area contributed by atoms with Gasteiger partial charge in [0.15, 0.2) is 0 Å². The van der Waals surface area contributed by atoms with Gasteiger partial charge in [-0.3, -0.25) is 9.59 Å². The molecule has 0 aliphatic carbocycles. The summed E-state index contributed by atoms with van der Waals surface area (Å²) in [6, 6.07) is 5.44. The van der Waals surface area contributed by atoms with Gasteiger partial charge in [-0.15, -0.1) is 11.6 Å². The third kappa shape index (κ3) is 5.14. The zero-order valence-corrected chi connectivity index (χ0v) is 10.6. The van der Waals surface area contributed by atoms with Crippen molar-refractivity contribution in [3.05, 3.63) is 30.1 Å². The molecule has 0 unspecified atom stereocenters. The van der Waals surface area contributed by atoms with Crippen molar-refractivity contribution >= 4 is 29.1 Å². The molecule has 0 bridgehead atoms. The zero-order chi connectivity index (χ0) is 13.5.